The van der Waals surface area contributed by atoms with Crippen molar-refractivity contribution >= 4 is 35.8 Å². The molecule has 0 amide bonds. The molecule has 14 heteroatoms. The molecule has 0 radical (unpaired) electrons. The first-order chi connectivity index (χ1) is 11.2. The zero-order valence-corrected chi connectivity index (χ0v) is 12.9. The third-order valence-corrected chi connectivity index (χ3v) is 2.85. The third kappa shape index (κ3) is 7.10. The number of carbonyl (C=O) groups is 6. The summed E-state index contributed by atoms with van der Waals surface area (Å²) < 4.78 is 4.33. The molecule has 0 heterocycles. The molecule has 1 unspecified atom stereocenters. The summed E-state index contributed by atoms with van der Waals surface area (Å²) in [4.78, 5) is 66.0. The molecular weight excluding hydrogens is 368 g/mol. The van der Waals surface area contributed by atoms with Gasteiger partial charge in [0.2, 0.25) is 5.60 Å². The largest absolute Gasteiger partial charge is 0.481 e. The van der Waals surface area contributed by atoms with Crippen LogP contribution in [0.4, 0.5) is 0 Å². The molecule has 0 fully saturated rings. The van der Waals surface area contributed by atoms with Gasteiger partial charge in [0.1, 0.15) is 0 Å². The van der Waals surface area contributed by atoms with E-state index in [1.54, 1.807) is 0 Å². The summed E-state index contributed by atoms with van der Waals surface area (Å²) in [5, 5.41) is 53.5. The normalized spacial score (nSPS) is 12.8. The number of aliphatic carboxylic acids is 5. The number of aliphatic hydroxyl groups is 1. The Morgan fingerprint density at radius 2 is 1.04 bits per heavy atom. The lowest BCUT2D eigenvalue weighted by molar-refractivity contribution is -0.191. The summed E-state index contributed by atoms with van der Waals surface area (Å²) in [5.74, 6) is -11.6. The first kappa shape index (κ1) is 25.0. The lowest BCUT2D eigenvalue weighted by Crippen LogP contribution is -2.49. The van der Waals surface area contributed by atoms with Crippen LogP contribution in [0.3, 0.4) is 0 Å². The van der Waals surface area contributed by atoms with Crippen LogP contribution >= 0.6 is 0 Å². The molecular formula is C12H16O14. The van der Waals surface area contributed by atoms with Crippen molar-refractivity contribution < 1.29 is 69.6 Å². The van der Waals surface area contributed by atoms with Crippen molar-refractivity contribution in [1.29, 1.82) is 0 Å². The Labute approximate surface area is 143 Å². The van der Waals surface area contributed by atoms with Crippen molar-refractivity contribution in [2.45, 2.75) is 36.9 Å². The van der Waals surface area contributed by atoms with Crippen LogP contribution < -0.4 is 0 Å². The molecule has 0 aliphatic rings. The van der Waals surface area contributed by atoms with Crippen LogP contribution in [0.1, 0.15) is 25.7 Å². The quantitative estimate of drug-likeness (QED) is 0.196. The fourth-order valence-corrected chi connectivity index (χ4v) is 1.77. The molecule has 26 heavy (non-hydrogen) atoms. The lowest BCUT2D eigenvalue weighted by atomic mass is 9.93. The highest BCUT2D eigenvalue weighted by molar-refractivity contribution is 5.92. The monoisotopic (exact) mass is 384 g/mol. The third-order valence-electron chi connectivity index (χ3n) is 2.85. The van der Waals surface area contributed by atoms with Gasteiger partial charge >= 0.3 is 35.8 Å². The lowest BCUT2D eigenvalue weighted by Gasteiger charge is -2.28. The smallest absolute Gasteiger partial charge is 0.349 e. The van der Waals surface area contributed by atoms with Crippen LogP contribution in [0.25, 0.3) is 0 Å². The second-order valence-corrected chi connectivity index (χ2v) is 5.00. The molecule has 0 spiro atoms. The van der Waals surface area contributed by atoms with Gasteiger partial charge in [0.05, 0.1) is 25.7 Å². The fourth-order valence-electron chi connectivity index (χ4n) is 1.77. The van der Waals surface area contributed by atoms with E-state index in [9.17, 15) is 33.9 Å². The van der Waals surface area contributed by atoms with Gasteiger partial charge in [-0.25, -0.2) is 9.59 Å². The van der Waals surface area contributed by atoms with Crippen LogP contribution in [0.2, 0.25) is 0 Å². The SMILES string of the molecule is O.O=C(O)CC(O)(CC(=O)OC(CC(=O)O)(CC(=O)O)C(=O)O)C(=O)O. The number of carboxylic acid groups (broad SMARTS) is 5. The topological polar surface area (TPSA) is 265 Å². The Hall–Kier alpha value is -3.26. The average Bonchev–Trinajstić information content (AvgIpc) is 2.34. The van der Waals surface area contributed by atoms with E-state index in [1.807, 2.05) is 0 Å². The second-order valence-electron chi connectivity index (χ2n) is 5.00. The van der Waals surface area contributed by atoms with Crippen molar-refractivity contribution in [3.8, 4) is 0 Å². The number of hydrogen-bond donors (Lipinski definition) is 6. The summed E-state index contributed by atoms with van der Waals surface area (Å²) in [5.41, 5.74) is -6.24. The van der Waals surface area contributed by atoms with Gasteiger partial charge in [-0.3, -0.25) is 19.2 Å². The van der Waals surface area contributed by atoms with Gasteiger partial charge in [-0.1, -0.05) is 0 Å². The molecule has 0 saturated carbocycles. The number of carbonyl (C=O) groups excluding carboxylic acids is 1. The Balaban J connectivity index is 0. The van der Waals surface area contributed by atoms with E-state index in [0.717, 1.165) is 0 Å². The summed E-state index contributed by atoms with van der Waals surface area (Å²) >= 11 is 0. The molecule has 0 aliphatic heterocycles. The molecule has 1 atom stereocenters. The molecule has 0 aromatic rings. The number of rotatable bonds is 11. The van der Waals surface area contributed by atoms with E-state index < -0.39 is 72.7 Å². The molecule has 0 aliphatic carbocycles. The number of carboxylic acids is 5. The Morgan fingerprint density at radius 1 is 0.654 bits per heavy atom. The van der Waals surface area contributed by atoms with Gasteiger partial charge in [0, 0.05) is 0 Å². The van der Waals surface area contributed by atoms with Gasteiger partial charge < -0.3 is 40.9 Å². The molecule has 0 aromatic carbocycles. The predicted octanol–water partition coefficient (Wildman–Crippen LogP) is -2.84. The first-order valence-electron chi connectivity index (χ1n) is 6.30. The summed E-state index contributed by atoms with van der Waals surface area (Å²) in [6.07, 6.45) is -5.94. The maximum absolute atomic E-state index is 11.7. The van der Waals surface area contributed by atoms with Crippen molar-refractivity contribution in [3.05, 3.63) is 0 Å². The fraction of sp³-hybridized carbons (Fsp3) is 0.500. The Kier molecular flexibility index (Phi) is 8.92. The molecule has 14 nitrogen and oxygen atoms in total. The van der Waals surface area contributed by atoms with Crippen LogP contribution in [-0.2, 0) is 33.5 Å². The van der Waals surface area contributed by atoms with E-state index in [0.29, 0.717) is 0 Å². The predicted molar refractivity (Wildman–Crippen MR) is 74.0 cm³/mol. The van der Waals surface area contributed by atoms with Crippen LogP contribution in [-0.4, -0.2) is 83.1 Å². The standard InChI is InChI=1S/C12H14O13.H2O/c13-5(14)1-11(24,9(20)21)4-8(19)25-12(10(22)23,2-6(15)16)3-7(17)18;/h24H,1-4H2,(H,13,14)(H,15,16)(H,17,18)(H,20,21)(H,22,23);1H2. The van der Waals surface area contributed by atoms with Crippen LogP contribution in [0.5, 0.6) is 0 Å². The highest BCUT2D eigenvalue weighted by Gasteiger charge is 2.49. The Bertz CT molecular complexity index is 591. The van der Waals surface area contributed by atoms with Crippen molar-refractivity contribution in [3.63, 3.8) is 0 Å². The average molecular weight is 384 g/mol. The van der Waals surface area contributed by atoms with Gasteiger partial charge in [0.15, 0.2) is 5.60 Å². The van der Waals surface area contributed by atoms with Crippen molar-refractivity contribution in [1.82, 2.24) is 0 Å². The number of esters is 1. The second kappa shape index (κ2) is 9.28. The van der Waals surface area contributed by atoms with E-state index in [2.05, 4.69) is 4.74 Å². The van der Waals surface area contributed by atoms with E-state index >= 15 is 0 Å². The van der Waals surface area contributed by atoms with Gasteiger partial charge in [0.25, 0.3) is 0 Å². The molecule has 8 N–H and O–H groups in total. The maximum atomic E-state index is 11.7. The number of hydrogen-bond acceptors (Lipinski definition) is 8. The summed E-state index contributed by atoms with van der Waals surface area (Å²) in [6, 6.07) is 0. The zero-order valence-electron chi connectivity index (χ0n) is 12.9. The van der Waals surface area contributed by atoms with Crippen molar-refractivity contribution in [2.75, 3.05) is 0 Å². The molecule has 0 aromatic heterocycles. The van der Waals surface area contributed by atoms with E-state index in [-0.39, 0.29) is 5.48 Å². The zero-order chi connectivity index (χ0) is 20.0. The minimum absolute atomic E-state index is 0. The van der Waals surface area contributed by atoms with E-state index in [1.165, 1.54) is 0 Å². The van der Waals surface area contributed by atoms with Gasteiger partial charge in [-0.05, 0) is 0 Å². The van der Waals surface area contributed by atoms with Gasteiger partial charge in [-0.15, -0.1) is 0 Å². The van der Waals surface area contributed by atoms with Crippen molar-refractivity contribution in [2.24, 2.45) is 0 Å². The highest BCUT2D eigenvalue weighted by atomic mass is 16.6. The molecule has 0 saturated heterocycles. The number of ether oxygens (including phenoxy) is 1. The van der Waals surface area contributed by atoms with Crippen LogP contribution in [0.15, 0.2) is 0 Å². The minimum Gasteiger partial charge on any atom is -0.481 e. The van der Waals surface area contributed by atoms with Crippen LogP contribution in [0, 0.1) is 0 Å². The molecule has 0 rings (SSSR count). The minimum atomic E-state index is -3.17. The van der Waals surface area contributed by atoms with Gasteiger partial charge in [-0.2, -0.15) is 0 Å². The molecule has 0 bridgehead atoms. The summed E-state index contributed by atoms with van der Waals surface area (Å²) in [6.45, 7) is 0. The maximum Gasteiger partial charge on any atom is 0.349 e. The first-order valence-corrected chi connectivity index (χ1v) is 6.30. The molecule has 148 valence electrons. The highest BCUT2D eigenvalue weighted by Crippen LogP contribution is 2.25. The summed E-state index contributed by atoms with van der Waals surface area (Å²) in [7, 11) is 0. The Morgan fingerprint density at radius 3 is 1.31 bits per heavy atom. The van der Waals surface area contributed by atoms with E-state index in [4.69, 9.17) is 25.5 Å².